The number of carbonyl (C=O) groups is 1. The van der Waals surface area contributed by atoms with Crippen molar-refractivity contribution < 1.29 is 4.79 Å². The van der Waals surface area contributed by atoms with Crippen LogP contribution in [0, 0.1) is 11.8 Å². The van der Waals surface area contributed by atoms with Crippen LogP contribution in [-0.2, 0) is 4.79 Å². The molecule has 0 saturated carbocycles. The van der Waals surface area contributed by atoms with Gasteiger partial charge in [0.2, 0.25) is 5.91 Å². The zero-order valence-corrected chi connectivity index (χ0v) is 9.71. The second-order valence-electron chi connectivity index (χ2n) is 4.64. The second kappa shape index (κ2) is 4.78. The first kappa shape index (κ1) is 11.5. The fourth-order valence-corrected chi connectivity index (χ4v) is 2.28. The molecule has 3 unspecified atom stereocenters. The molecule has 0 aliphatic carbocycles. The van der Waals surface area contributed by atoms with Crippen LogP contribution >= 0.6 is 0 Å². The van der Waals surface area contributed by atoms with Crippen LogP contribution < -0.4 is 5.32 Å². The van der Waals surface area contributed by atoms with Gasteiger partial charge in [-0.3, -0.25) is 4.79 Å². The summed E-state index contributed by atoms with van der Waals surface area (Å²) < 4.78 is 0. The molecular weight excluding hydrogens is 176 g/mol. The number of carbonyl (C=O) groups excluding carboxylic acids is 1. The van der Waals surface area contributed by atoms with E-state index in [9.17, 15) is 4.79 Å². The van der Waals surface area contributed by atoms with Gasteiger partial charge in [0.05, 0.1) is 0 Å². The summed E-state index contributed by atoms with van der Waals surface area (Å²) in [4.78, 5) is 14.0. The van der Waals surface area contributed by atoms with Crippen molar-refractivity contribution in [3.05, 3.63) is 0 Å². The number of amides is 1. The maximum atomic E-state index is 12.0. The summed E-state index contributed by atoms with van der Waals surface area (Å²) in [5, 5.41) is 3.05. The number of hydrogen-bond donors (Lipinski definition) is 1. The van der Waals surface area contributed by atoms with E-state index < -0.39 is 0 Å². The first-order valence-corrected chi connectivity index (χ1v) is 5.51. The van der Waals surface area contributed by atoms with Crippen LogP contribution in [0.3, 0.4) is 0 Å². The van der Waals surface area contributed by atoms with Crippen LogP contribution in [-0.4, -0.2) is 37.0 Å². The monoisotopic (exact) mass is 198 g/mol. The molecule has 14 heavy (non-hydrogen) atoms. The summed E-state index contributed by atoms with van der Waals surface area (Å²) >= 11 is 0. The molecule has 1 N–H and O–H groups in total. The smallest absolute Gasteiger partial charge is 0.226 e. The Hall–Kier alpha value is -0.570. The molecule has 1 aliphatic rings. The van der Waals surface area contributed by atoms with Gasteiger partial charge >= 0.3 is 0 Å². The van der Waals surface area contributed by atoms with Crippen molar-refractivity contribution in [2.45, 2.75) is 33.2 Å². The molecule has 3 atom stereocenters. The second-order valence-corrected chi connectivity index (χ2v) is 4.64. The van der Waals surface area contributed by atoms with Gasteiger partial charge in [0.1, 0.15) is 0 Å². The lowest BCUT2D eigenvalue weighted by Gasteiger charge is -2.25. The predicted molar refractivity (Wildman–Crippen MR) is 58.0 cm³/mol. The molecule has 0 aromatic heterocycles. The Labute approximate surface area is 86.9 Å². The van der Waals surface area contributed by atoms with Crippen LogP contribution in [0.5, 0.6) is 0 Å². The molecule has 0 aromatic rings. The van der Waals surface area contributed by atoms with Crippen LogP contribution in [0.2, 0.25) is 0 Å². The average Bonchev–Trinajstić information content (AvgIpc) is 2.44. The Morgan fingerprint density at radius 1 is 1.57 bits per heavy atom. The van der Waals surface area contributed by atoms with Crippen LogP contribution in [0.25, 0.3) is 0 Å². The van der Waals surface area contributed by atoms with E-state index in [1.165, 1.54) is 0 Å². The molecule has 1 saturated heterocycles. The van der Waals surface area contributed by atoms with Crippen molar-refractivity contribution in [1.82, 2.24) is 10.2 Å². The summed E-state index contributed by atoms with van der Waals surface area (Å²) in [6, 6.07) is 0.428. The minimum Gasteiger partial charge on any atom is -0.339 e. The van der Waals surface area contributed by atoms with Crippen LogP contribution in [0.15, 0.2) is 0 Å². The van der Waals surface area contributed by atoms with E-state index in [2.05, 4.69) is 19.2 Å². The Kier molecular flexibility index (Phi) is 3.93. The Morgan fingerprint density at radius 2 is 2.21 bits per heavy atom. The van der Waals surface area contributed by atoms with E-state index in [1.54, 1.807) is 0 Å². The highest BCUT2D eigenvalue weighted by atomic mass is 16.2. The van der Waals surface area contributed by atoms with Gasteiger partial charge in [0, 0.05) is 25.0 Å². The average molecular weight is 198 g/mol. The van der Waals surface area contributed by atoms with Crippen molar-refractivity contribution in [1.29, 1.82) is 0 Å². The summed E-state index contributed by atoms with van der Waals surface area (Å²) in [6.07, 6.45) is 1.15. The molecule has 1 aliphatic heterocycles. The maximum Gasteiger partial charge on any atom is 0.226 e. The molecule has 1 rings (SSSR count). The molecule has 0 bridgehead atoms. The van der Waals surface area contributed by atoms with Crippen molar-refractivity contribution >= 4 is 5.91 Å². The zero-order valence-electron chi connectivity index (χ0n) is 9.71. The molecule has 82 valence electrons. The number of likely N-dealkylation sites (tertiary alicyclic amines) is 1. The molecule has 1 fully saturated rings. The molecule has 0 radical (unpaired) electrons. The third-order valence-electron chi connectivity index (χ3n) is 3.00. The van der Waals surface area contributed by atoms with E-state index in [4.69, 9.17) is 0 Å². The van der Waals surface area contributed by atoms with Crippen molar-refractivity contribution in [2.75, 3.05) is 20.1 Å². The van der Waals surface area contributed by atoms with Crippen molar-refractivity contribution in [2.24, 2.45) is 11.8 Å². The molecule has 1 heterocycles. The number of rotatable bonds is 3. The van der Waals surface area contributed by atoms with Crippen LogP contribution in [0.4, 0.5) is 0 Å². The minimum atomic E-state index is 0.104. The van der Waals surface area contributed by atoms with Gasteiger partial charge in [-0.25, -0.2) is 0 Å². The highest BCUT2D eigenvalue weighted by Gasteiger charge is 2.31. The van der Waals surface area contributed by atoms with Crippen molar-refractivity contribution in [3.63, 3.8) is 0 Å². The third kappa shape index (κ3) is 2.47. The van der Waals surface area contributed by atoms with Gasteiger partial charge in [-0.05, 0) is 26.3 Å². The van der Waals surface area contributed by atoms with Gasteiger partial charge < -0.3 is 10.2 Å². The predicted octanol–water partition coefficient (Wildman–Crippen LogP) is 1.10. The molecule has 3 heteroatoms. The van der Waals surface area contributed by atoms with Gasteiger partial charge in [-0.15, -0.1) is 0 Å². The largest absolute Gasteiger partial charge is 0.339 e. The fraction of sp³-hybridized carbons (Fsp3) is 0.909. The van der Waals surface area contributed by atoms with E-state index >= 15 is 0 Å². The summed E-state index contributed by atoms with van der Waals surface area (Å²) in [5.74, 6) is 1.07. The van der Waals surface area contributed by atoms with Gasteiger partial charge in [-0.2, -0.15) is 0 Å². The first-order chi connectivity index (χ1) is 6.56. The first-order valence-electron chi connectivity index (χ1n) is 5.51. The molecule has 1 amide bonds. The third-order valence-corrected chi connectivity index (χ3v) is 3.00. The lowest BCUT2D eigenvalue weighted by molar-refractivity contribution is -0.135. The standard InChI is InChI=1S/C11H22N2O/c1-8-5-10(3)13(7-8)11(14)9(2)6-12-4/h8-10,12H,5-7H2,1-4H3. The van der Waals surface area contributed by atoms with E-state index in [0.29, 0.717) is 17.9 Å². The Morgan fingerprint density at radius 3 is 2.64 bits per heavy atom. The number of hydrogen-bond acceptors (Lipinski definition) is 2. The summed E-state index contributed by atoms with van der Waals surface area (Å²) in [6.45, 7) is 8.07. The zero-order chi connectivity index (χ0) is 10.7. The SMILES string of the molecule is CNCC(C)C(=O)N1CC(C)CC1C. The highest BCUT2D eigenvalue weighted by molar-refractivity contribution is 5.79. The maximum absolute atomic E-state index is 12.0. The number of nitrogens with zero attached hydrogens (tertiary/aromatic N) is 1. The molecule has 3 nitrogen and oxygen atoms in total. The summed E-state index contributed by atoms with van der Waals surface area (Å²) in [5.41, 5.74) is 0. The van der Waals surface area contributed by atoms with Crippen molar-refractivity contribution in [3.8, 4) is 0 Å². The Balaban J connectivity index is 2.52. The topological polar surface area (TPSA) is 32.3 Å². The van der Waals surface area contributed by atoms with E-state index in [0.717, 1.165) is 19.5 Å². The lowest BCUT2D eigenvalue weighted by Crippen LogP contribution is -2.40. The van der Waals surface area contributed by atoms with Gasteiger partial charge in [-0.1, -0.05) is 13.8 Å². The van der Waals surface area contributed by atoms with E-state index in [-0.39, 0.29) is 5.92 Å². The quantitative estimate of drug-likeness (QED) is 0.736. The van der Waals surface area contributed by atoms with E-state index in [1.807, 2.05) is 18.9 Å². The fourth-order valence-electron chi connectivity index (χ4n) is 2.28. The molecule has 0 spiro atoms. The minimum absolute atomic E-state index is 0.104. The normalized spacial score (nSPS) is 29.3. The Bertz CT molecular complexity index is 205. The molecule has 0 aromatic carbocycles. The van der Waals surface area contributed by atoms with Gasteiger partial charge in [0.25, 0.3) is 0 Å². The molecular formula is C11H22N2O. The van der Waals surface area contributed by atoms with Crippen LogP contribution in [0.1, 0.15) is 27.2 Å². The number of nitrogens with one attached hydrogen (secondary N) is 1. The summed E-state index contributed by atoms with van der Waals surface area (Å²) in [7, 11) is 1.89. The van der Waals surface area contributed by atoms with Gasteiger partial charge in [0.15, 0.2) is 0 Å². The lowest BCUT2D eigenvalue weighted by atomic mass is 10.1. The highest BCUT2D eigenvalue weighted by Crippen LogP contribution is 2.23.